The van der Waals surface area contributed by atoms with Crippen molar-refractivity contribution in [3.05, 3.63) is 0 Å². The van der Waals surface area contributed by atoms with Crippen LogP contribution in [0.1, 0.15) is 99.8 Å². The lowest BCUT2D eigenvalue weighted by Gasteiger charge is -2.64. The molecule has 7 fully saturated rings. The van der Waals surface area contributed by atoms with Gasteiger partial charge in [0.15, 0.2) is 6.29 Å². The van der Waals surface area contributed by atoms with E-state index in [2.05, 4.69) is 39.9 Å². The minimum Gasteiger partial charge on any atom is -0.390 e. The maximum Gasteiger partial charge on any atom is 0.170 e. The van der Waals surface area contributed by atoms with Gasteiger partial charge in [-0.05, 0) is 111 Å². The van der Waals surface area contributed by atoms with Gasteiger partial charge in [-0.3, -0.25) is 0 Å². The van der Waals surface area contributed by atoms with Crippen molar-refractivity contribution in [1.82, 2.24) is 5.32 Å². The van der Waals surface area contributed by atoms with Crippen LogP contribution in [-0.4, -0.2) is 77.4 Å². The van der Waals surface area contributed by atoms with Crippen molar-refractivity contribution in [3.8, 4) is 0 Å². The molecule has 7 aliphatic rings. The third kappa shape index (κ3) is 3.69. The van der Waals surface area contributed by atoms with E-state index in [4.69, 9.17) is 14.2 Å². The van der Waals surface area contributed by atoms with Crippen molar-refractivity contribution in [2.45, 2.75) is 142 Å². The fourth-order valence-electron chi connectivity index (χ4n) is 13.0. The molecule has 0 amide bonds. The molecule has 2 heterocycles. The van der Waals surface area contributed by atoms with Crippen molar-refractivity contribution in [3.63, 3.8) is 0 Å². The highest BCUT2D eigenvalue weighted by molar-refractivity contribution is 5.33. The summed E-state index contributed by atoms with van der Waals surface area (Å²) in [5.41, 5.74) is -0.714. The first kappa shape index (κ1) is 29.4. The minimum absolute atomic E-state index is 0.00512. The van der Waals surface area contributed by atoms with Crippen molar-refractivity contribution >= 4 is 0 Å². The van der Waals surface area contributed by atoms with E-state index in [0.717, 1.165) is 45.4 Å². The number of hydrogen-bond acceptors (Lipinski definition) is 7. The molecular weight excluding hydrogens is 518 g/mol. The summed E-state index contributed by atoms with van der Waals surface area (Å²) >= 11 is 0. The number of rotatable bonds is 4. The first-order chi connectivity index (χ1) is 19.1. The highest BCUT2D eigenvalue weighted by Crippen LogP contribution is 2.89. The molecule has 7 nitrogen and oxygen atoms in total. The van der Waals surface area contributed by atoms with Gasteiger partial charge in [0.1, 0.15) is 6.10 Å². The highest BCUT2D eigenvalue weighted by Gasteiger charge is 2.84. The summed E-state index contributed by atoms with van der Waals surface area (Å²) in [4.78, 5) is 0. The van der Waals surface area contributed by atoms with Gasteiger partial charge in [-0.25, -0.2) is 0 Å². The molecule has 0 bridgehead atoms. The molecule has 0 aromatic heterocycles. The van der Waals surface area contributed by atoms with E-state index in [0.29, 0.717) is 28.6 Å². The van der Waals surface area contributed by atoms with Gasteiger partial charge in [-0.2, -0.15) is 0 Å². The molecule has 7 heteroatoms. The van der Waals surface area contributed by atoms with Crippen LogP contribution in [0.3, 0.4) is 0 Å². The third-order valence-corrected chi connectivity index (χ3v) is 15.1. The highest BCUT2D eigenvalue weighted by atomic mass is 16.7. The largest absolute Gasteiger partial charge is 0.390 e. The molecule has 5 aliphatic carbocycles. The normalized spacial score (nSPS) is 56.5. The second-order valence-corrected chi connectivity index (χ2v) is 17.3. The van der Waals surface area contributed by atoms with Crippen LogP contribution < -0.4 is 5.32 Å². The predicted octanol–water partition coefficient (Wildman–Crippen LogP) is 4.26. The Labute approximate surface area is 247 Å². The zero-order valence-corrected chi connectivity index (χ0v) is 26.6. The van der Waals surface area contributed by atoms with Crippen LogP contribution in [0.2, 0.25) is 0 Å². The Bertz CT molecular complexity index is 1040. The molecule has 2 aliphatic heterocycles. The van der Waals surface area contributed by atoms with E-state index < -0.39 is 23.9 Å². The van der Waals surface area contributed by atoms with E-state index in [1.165, 1.54) is 25.7 Å². The minimum atomic E-state index is -1.24. The second-order valence-electron chi connectivity index (χ2n) is 17.3. The molecule has 2 spiro atoms. The van der Waals surface area contributed by atoms with Crippen molar-refractivity contribution in [1.29, 1.82) is 0 Å². The molecule has 4 N–H and O–H groups in total. The lowest BCUT2D eigenvalue weighted by atomic mass is 9.41. The molecule has 0 aromatic carbocycles. The first-order valence-corrected chi connectivity index (χ1v) is 16.9. The number of hydrogen-bond donors (Lipinski definition) is 4. The van der Waals surface area contributed by atoms with Crippen molar-refractivity contribution < 1.29 is 29.5 Å². The summed E-state index contributed by atoms with van der Waals surface area (Å²) in [6, 6.07) is 0. The lowest BCUT2D eigenvalue weighted by molar-refractivity contribution is -0.237. The van der Waals surface area contributed by atoms with Crippen LogP contribution in [0.25, 0.3) is 0 Å². The zero-order valence-electron chi connectivity index (χ0n) is 26.6. The van der Waals surface area contributed by atoms with Gasteiger partial charge in [0.25, 0.3) is 0 Å². The van der Waals surface area contributed by atoms with Gasteiger partial charge in [0, 0.05) is 18.5 Å². The molecule has 14 atom stereocenters. The Balaban J connectivity index is 1.16. The summed E-state index contributed by atoms with van der Waals surface area (Å²) in [5.74, 6) is 1.70. The summed E-state index contributed by atoms with van der Waals surface area (Å²) in [6.07, 6.45) is 6.92. The van der Waals surface area contributed by atoms with Gasteiger partial charge in [0.05, 0.1) is 36.6 Å². The van der Waals surface area contributed by atoms with Gasteiger partial charge in [-0.1, -0.05) is 34.6 Å². The summed E-state index contributed by atoms with van der Waals surface area (Å²) < 4.78 is 19.3. The number of fused-ring (bicyclic) bond motifs is 4. The number of aliphatic hydroxyl groups excluding tert-OH is 2. The SMILES string of the molecule is C[C@@H]1CC(C(O)C(C)(C)O)OC2[C@H]1C1(C)CCC34CC35CCC(O[C@H]3CNCCO3)C(C)(C)[C@@H]5CCC4[C@]1(C)[C@H]2O. The van der Waals surface area contributed by atoms with E-state index in [9.17, 15) is 15.3 Å². The van der Waals surface area contributed by atoms with E-state index in [1.54, 1.807) is 13.8 Å². The van der Waals surface area contributed by atoms with Crippen LogP contribution in [0.4, 0.5) is 0 Å². The molecule has 41 heavy (non-hydrogen) atoms. The molecular formula is C34H57NO6. The quantitative estimate of drug-likeness (QED) is 0.398. The van der Waals surface area contributed by atoms with Crippen LogP contribution in [-0.2, 0) is 14.2 Å². The first-order valence-electron chi connectivity index (χ1n) is 16.9. The maximum atomic E-state index is 12.3. The second kappa shape index (κ2) is 9.14. The monoisotopic (exact) mass is 575 g/mol. The Morgan fingerprint density at radius 1 is 1.00 bits per heavy atom. The van der Waals surface area contributed by atoms with Gasteiger partial charge >= 0.3 is 0 Å². The molecule has 8 unspecified atom stereocenters. The van der Waals surface area contributed by atoms with E-state index >= 15 is 0 Å². The Hall–Kier alpha value is -0.280. The summed E-state index contributed by atoms with van der Waals surface area (Å²) in [7, 11) is 0. The maximum absolute atomic E-state index is 12.3. The average molecular weight is 576 g/mol. The Kier molecular flexibility index (Phi) is 6.56. The average Bonchev–Trinajstić information content (AvgIpc) is 3.54. The number of nitrogens with one attached hydrogen (secondary N) is 1. The zero-order chi connectivity index (χ0) is 29.4. The smallest absolute Gasteiger partial charge is 0.170 e. The number of morpholine rings is 1. The summed E-state index contributed by atoms with van der Waals surface area (Å²) in [6.45, 7) is 17.8. The standard InChI is InChI=1S/C34H57NO6/c1-19-16-20(27(36)30(4,5)38)40-26-25(19)31(6)12-13-34-18-33(34)11-10-23(41-24-17-35-14-15-39-24)29(2,3)21(33)8-9-22(34)32(31,7)28(26)37/h19-28,35-38H,8-18H2,1-7H3/t19-,20?,21+,22?,23?,24+,25+,26?,27?,28+,31?,32-,33?,34?/m1/s1. The van der Waals surface area contributed by atoms with E-state index in [-0.39, 0.29) is 40.7 Å². The topological polar surface area (TPSA) is 100 Å². The van der Waals surface area contributed by atoms with Crippen molar-refractivity contribution in [2.24, 2.45) is 50.7 Å². The van der Waals surface area contributed by atoms with Crippen LogP contribution in [0, 0.1) is 50.7 Å². The Morgan fingerprint density at radius 3 is 2.39 bits per heavy atom. The molecule has 0 radical (unpaired) electrons. The van der Waals surface area contributed by atoms with Gasteiger partial charge in [0.2, 0.25) is 0 Å². The van der Waals surface area contributed by atoms with Crippen molar-refractivity contribution in [2.75, 3.05) is 19.7 Å². The molecule has 234 valence electrons. The fourth-order valence-corrected chi connectivity index (χ4v) is 13.0. The van der Waals surface area contributed by atoms with Gasteiger partial charge < -0.3 is 34.8 Å². The van der Waals surface area contributed by atoms with E-state index in [1.807, 2.05) is 0 Å². The predicted molar refractivity (Wildman–Crippen MR) is 156 cm³/mol. The molecule has 7 rings (SSSR count). The number of aliphatic hydroxyl groups is 3. The van der Waals surface area contributed by atoms with Gasteiger partial charge in [-0.15, -0.1) is 0 Å². The fraction of sp³-hybridized carbons (Fsp3) is 1.00. The van der Waals surface area contributed by atoms with Crippen LogP contribution >= 0.6 is 0 Å². The summed E-state index contributed by atoms with van der Waals surface area (Å²) in [5, 5.41) is 37.3. The number of ether oxygens (including phenoxy) is 3. The third-order valence-electron chi connectivity index (χ3n) is 15.1. The molecule has 0 aromatic rings. The lowest BCUT2D eigenvalue weighted by Crippen LogP contribution is -2.60. The van der Waals surface area contributed by atoms with Crippen LogP contribution in [0.5, 0.6) is 0 Å². The molecule has 5 saturated carbocycles. The Morgan fingerprint density at radius 2 is 1.71 bits per heavy atom. The molecule has 2 saturated heterocycles. The van der Waals surface area contributed by atoms with Crippen LogP contribution in [0.15, 0.2) is 0 Å².